The van der Waals surface area contributed by atoms with E-state index in [9.17, 15) is 0 Å². The summed E-state index contributed by atoms with van der Waals surface area (Å²) in [6.45, 7) is 6.68. The summed E-state index contributed by atoms with van der Waals surface area (Å²) in [5.41, 5.74) is 2.64. The predicted octanol–water partition coefficient (Wildman–Crippen LogP) is 6.17. The lowest BCUT2D eigenvalue weighted by molar-refractivity contribution is 0.121. The third kappa shape index (κ3) is 2.89. The second-order valence-corrected chi connectivity index (χ2v) is 9.82. The van der Waals surface area contributed by atoms with Crippen LogP contribution >= 0.6 is 15.9 Å². The lowest BCUT2D eigenvalue weighted by atomic mass is 9.88. The number of morpholine rings is 2. The van der Waals surface area contributed by atoms with Crippen LogP contribution in [0.2, 0.25) is 0 Å². The summed E-state index contributed by atoms with van der Waals surface area (Å²) in [5, 5.41) is 10.7. The van der Waals surface area contributed by atoms with E-state index in [-0.39, 0.29) is 0 Å². The smallest absolute Gasteiger partial charge is 0.0763 e. The van der Waals surface area contributed by atoms with Crippen molar-refractivity contribution in [3.63, 3.8) is 0 Å². The van der Waals surface area contributed by atoms with Gasteiger partial charge >= 0.3 is 0 Å². The molecule has 0 bridgehead atoms. The van der Waals surface area contributed by atoms with Crippen LogP contribution in [0, 0.1) is 0 Å². The molecule has 0 radical (unpaired) electrons. The van der Waals surface area contributed by atoms with Crippen LogP contribution in [0.1, 0.15) is 0 Å². The highest BCUT2D eigenvalue weighted by Crippen LogP contribution is 2.52. The van der Waals surface area contributed by atoms with Crippen LogP contribution in [0.3, 0.4) is 0 Å². The molecule has 0 atom stereocenters. The Kier molecular flexibility index (Phi) is 4.64. The van der Waals surface area contributed by atoms with E-state index in [1.807, 2.05) is 0 Å². The summed E-state index contributed by atoms with van der Waals surface area (Å²) < 4.78 is 12.7. The molecule has 0 N–H and O–H groups in total. The second-order valence-electron chi connectivity index (χ2n) is 9.02. The SMILES string of the molecule is Brc1c(N2CCOCC2)c(N2CCOCC2)c2c3cccc4cccc(c5cccc1c52)c43. The van der Waals surface area contributed by atoms with E-state index in [2.05, 4.69) is 80.3 Å². The van der Waals surface area contributed by atoms with E-state index in [0.717, 1.165) is 52.6 Å². The number of halogens is 1. The summed E-state index contributed by atoms with van der Waals surface area (Å²) >= 11 is 4.09. The predicted molar refractivity (Wildman–Crippen MR) is 141 cm³/mol. The molecule has 5 heteroatoms. The quantitative estimate of drug-likeness (QED) is 0.213. The first-order chi connectivity index (χ1) is 16.3. The van der Waals surface area contributed by atoms with E-state index < -0.39 is 0 Å². The monoisotopic (exact) mass is 500 g/mol. The Bertz CT molecular complexity index is 1500. The first-order valence-corrected chi connectivity index (χ1v) is 12.6. The Morgan fingerprint density at radius 2 is 1.06 bits per heavy atom. The van der Waals surface area contributed by atoms with E-state index >= 15 is 0 Å². The minimum atomic E-state index is 0.764. The average Bonchev–Trinajstić information content (AvgIpc) is 2.88. The van der Waals surface area contributed by atoms with Crippen molar-refractivity contribution in [2.75, 3.05) is 62.4 Å². The molecule has 2 aliphatic rings. The van der Waals surface area contributed by atoms with Crippen LogP contribution in [0.25, 0.3) is 43.1 Å². The van der Waals surface area contributed by atoms with Gasteiger partial charge in [0.05, 0.1) is 42.3 Å². The molecule has 2 heterocycles. The molecule has 0 aliphatic carbocycles. The van der Waals surface area contributed by atoms with Gasteiger partial charge in [0, 0.05) is 37.0 Å². The molecule has 166 valence electrons. The highest BCUT2D eigenvalue weighted by atomic mass is 79.9. The minimum absolute atomic E-state index is 0.764. The molecule has 7 rings (SSSR count). The number of anilines is 2. The summed E-state index contributed by atoms with van der Waals surface area (Å²) in [4.78, 5) is 5.07. The number of nitrogens with zero attached hydrogens (tertiary/aromatic N) is 2. The number of benzene rings is 5. The van der Waals surface area contributed by atoms with Crippen molar-refractivity contribution in [3.05, 3.63) is 59.1 Å². The molecule has 2 aliphatic heterocycles. The molecule has 5 aromatic rings. The topological polar surface area (TPSA) is 24.9 Å². The molecule has 0 saturated carbocycles. The molecule has 2 saturated heterocycles. The minimum Gasteiger partial charge on any atom is -0.378 e. The van der Waals surface area contributed by atoms with Gasteiger partial charge in [-0.3, -0.25) is 0 Å². The van der Waals surface area contributed by atoms with Crippen molar-refractivity contribution in [3.8, 4) is 0 Å². The number of ether oxygens (including phenoxy) is 2. The third-order valence-corrected chi connectivity index (χ3v) is 8.14. The molecular formula is C28H25BrN2O2. The normalized spacial score (nSPS) is 17.7. The molecule has 0 unspecified atom stereocenters. The van der Waals surface area contributed by atoms with Gasteiger partial charge in [-0.25, -0.2) is 0 Å². The van der Waals surface area contributed by atoms with Crippen molar-refractivity contribution in [1.29, 1.82) is 0 Å². The maximum atomic E-state index is 5.76. The van der Waals surface area contributed by atoms with Gasteiger partial charge in [0.2, 0.25) is 0 Å². The van der Waals surface area contributed by atoms with E-state index in [0.29, 0.717) is 0 Å². The molecule has 4 nitrogen and oxygen atoms in total. The second kappa shape index (κ2) is 7.73. The fourth-order valence-electron chi connectivity index (χ4n) is 5.90. The highest BCUT2D eigenvalue weighted by Gasteiger charge is 2.29. The zero-order valence-corrected chi connectivity index (χ0v) is 20.0. The first kappa shape index (κ1) is 19.8. The van der Waals surface area contributed by atoms with Gasteiger partial charge in [-0.05, 0) is 48.2 Å². The zero-order valence-electron chi connectivity index (χ0n) is 18.4. The largest absolute Gasteiger partial charge is 0.378 e. The van der Waals surface area contributed by atoms with Gasteiger partial charge in [0.1, 0.15) is 0 Å². The molecule has 2 fully saturated rings. The van der Waals surface area contributed by atoms with Crippen molar-refractivity contribution in [2.24, 2.45) is 0 Å². The van der Waals surface area contributed by atoms with Crippen LogP contribution < -0.4 is 9.80 Å². The summed E-state index contributed by atoms with van der Waals surface area (Å²) in [5.74, 6) is 0. The van der Waals surface area contributed by atoms with Crippen LogP contribution in [0.15, 0.2) is 59.1 Å². The summed E-state index contributed by atoms with van der Waals surface area (Å²) in [7, 11) is 0. The van der Waals surface area contributed by atoms with Crippen LogP contribution in [0.4, 0.5) is 11.4 Å². The van der Waals surface area contributed by atoms with Crippen LogP contribution in [0.5, 0.6) is 0 Å². The molecule has 0 amide bonds. The fraction of sp³-hybridized carbons (Fsp3) is 0.286. The third-order valence-electron chi connectivity index (χ3n) is 7.34. The fourth-order valence-corrected chi connectivity index (χ4v) is 6.67. The Balaban J connectivity index is 1.72. The molecular weight excluding hydrogens is 476 g/mol. The van der Waals surface area contributed by atoms with Crippen molar-refractivity contribution >= 4 is 70.4 Å². The van der Waals surface area contributed by atoms with E-state index in [4.69, 9.17) is 9.47 Å². The van der Waals surface area contributed by atoms with Gasteiger partial charge in [0.25, 0.3) is 0 Å². The Morgan fingerprint density at radius 1 is 0.545 bits per heavy atom. The van der Waals surface area contributed by atoms with Crippen molar-refractivity contribution < 1.29 is 9.47 Å². The van der Waals surface area contributed by atoms with Gasteiger partial charge in [-0.2, -0.15) is 0 Å². The number of fused-ring (bicyclic) bond motifs is 2. The Labute approximate surface area is 201 Å². The summed E-state index contributed by atoms with van der Waals surface area (Å²) in [6.07, 6.45) is 0. The van der Waals surface area contributed by atoms with Gasteiger partial charge in [0.15, 0.2) is 0 Å². The standard InChI is InChI=1S/C28H25BrN2O2/c29-26-22-9-3-7-20-19-6-1-4-18-5-2-8-21(23(18)19)25(24(20)22)27(30-10-14-32-15-11-30)28(26)31-12-16-33-17-13-31/h1-9H,10-17H2. The maximum absolute atomic E-state index is 5.76. The first-order valence-electron chi connectivity index (χ1n) is 11.8. The maximum Gasteiger partial charge on any atom is 0.0763 e. The van der Waals surface area contributed by atoms with Crippen molar-refractivity contribution in [2.45, 2.75) is 0 Å². The Hall–Kier alpha value is -2.60. The number of rotatable bonds is 2. The molecule has 0 aromatic heterocycles. The molecule has 33 heavy (non-hydrogen) atoms. The molecule has 0 spiro atoms. The lowest BCUT2D eigenvalue weighted by Gasteiger charge is -2.38. The average molecular weight is 501 g/mol. The van der Waals surface area contributed by atoms with Gasteiger partial charge in [-0.15, -0.1) is 0 Å². The summed E-state index contributed by atoms with van der Waals surface area (Å²) in [6, 6.07) is 20.2. The van der Waals surface area contributed by atoms with Crippen LogP contribution in [-0.2, 0) is 9.47 Å². The zero-order chi connectivity index (χ0) is 21.9. The van der Waals surface area contributed by atoms with Gasteiger partial charge in [-0.1, -0.05) is 54.6 Å². The van der Waals surface area contributed by atoms with Gasteiger partial charge < -0.3 is 19.3 Å². The Morgan fingerprint density at radius 3 is 1.73 bits per heavy atom. The van der Waals surface area contributed by atoms with E-state index in [1.165, 1.54) is 58.9 Å². The van der Waals surface area contributed by atoms with Crippen molar-refractivity contribution in [1.82, 2.24) is 0 Å². The van der Waals surface area contributed by atoms with Crippen LogP contribution in [-0.4, -0.2) is 52.6 Å². The lowest BCUT2D eigenvalue weighted by Crippen LogP contribution is -2.40. The molecule has 5 aromatic carbocycles. The number of hydrogen-bond donors (Lipinski definition) is 0. The highest BCUT2D eigenvalue weighted by molar-refractivity contribution is 9.10. The van der Waals surface area contributed by atoms with E-state index in [1.54, 1.807) is 0 Å². The number of hydrogen-bond acceptors (Lipinski definition) is 4.